The minimum atomic E-state index is -2.96. The molecule has 1 aromatic heterocycles. The fraction of sp³-hybridized carbons (Fsp3) is 0.700. The quantitative estimate of drug-likeness (QED) is 0.738. The number of ether oxygens (including phenoxy) is 2. The van der Waals surface area contributed by atoms with Gasteiger partial charge in [-0.3, -0.25) is 9.69 Å². The van der Waals surface area contributed by atoms with Crippen LogP contribution in [-0.4, -0.2) is 75.2 Å². The molecule has 1 aromatic rings. The fourth-order valence-electron chi connectivity index (χ4n) is 4.97. The Kier molecular flexibility index (Phi) is 5.56. The smallest absolute Gasteiger partial charge is 0.225 e. The Labute approximate surface area is 171 Å². The molecule has 0 aromatic carbocycles. The van der Waals surface area contributed by atoms with Crippen molar-refractivity contribution >= 4 is 15.7 Å². The standard InChI is InChI=1S/C20H29N3O5S/c1-14-7-15(8-21-19(14)27-2)9-23-10-17(20(13-23)3-5-28-6-4-20)18(24)22-16-11-29(25,26)12-16/h7-8,16-17H,3-6,9-13H2,1-2H3,(H,22,24)/t17-/m1/s1. The van der Waals surface area contributed by atoms with E-state index in [9.17, 15) is 13.2 Å². The summed E-state index contributed by atoms with van der Waals surface area (Å²) >= 11 is 0. The zero-order valence-electron chi connectivity index (χ0n) is 17.0. The van der Waals surface area contributed by atoms with Crippen LogP contribution in [0.3, 0.4) is 0 Å². The van der Waals surface area contributed by atoms with Gasteiger partial charge in [-0.1, -0.05) is 0 Å². The normalized spacial score (nSPS) is 26.2. The minimum absolute atomic E-state index is 0.0154. The highest BCUT2D eigenvalue weighted by Gasteiger charge is 2.51. The van der Waals surface area contributed by atoms with Crippen LogP contribution in [0.15, 0.2) is 12.3 Å². The second kappa shape index (κ2) is 7.85. The molecule has 29 heavy (non-hydrogen) atoms. The number of sulfone groups is 1. The minimum Gasteiger partial charge on any atom is -0.481 e. The highest BCUT2D eigenvalue weighted by Crippen LogP contribution is 2.45. The van der Waals surface area contributed by atoms with Gasteiger partial charge in [0.25, 0.3) is 0 Å². The average Bonchev–Trinajstić information content (AvgIpc) is 2.98. The molecule has 1 amide bonds. The van der Waals surface area contributed by atoms with Crippen molar-refractivity contribution in [3.05, 3.63) is 23.4 Å². The van der Waals surface area contributed by atoms with Gasteiger partial charge in [0.15, 0.2) is 9.84 Å². The lowest BCUT2D eigenvalue weighted by Gasteiger charge is -2.38. The van der Waals surface area contributed by atoms with Gasteiger partial charge >= 0.3 is 0 Å². The van der Waals surface area contributed by atoms with Crippen LogP contribution in [-0.2, 0) is 25.9 Å². The Balaban J connectivity index is 1.47. The number of carbonyl (C=O) groups is 1. The highest BCUT2D eigenvalue weighted by atomic mass is 32.2. The Hall–Kier alpha value is -1.71. The molecule has 3 fully saturated rings. The molecule has 4 heterocycles. The van der Waals surface area contributed by atoms with Crippen LogP contribution in [0.5, 0.6) is 5.88 Å². The van der Waals surface area contributed by atoms with Crippen LogP contribution < -0.4 is 10.1 Å². The van der Waals surface area contributed by atoms with E-state index < -0.39 is 9.84 Å². The van der Waals surface area contributed by atoms with E-state index in [0.29, 0.717) is 25.6 Å². The Bertz CT molecular complexity index is 870. The molecule has 0 radical (unpaired) electrons. The van der Waals surface area contributed by atoms with Crippen LogP contribution >= 0.6 is 0 Å². The van der Waals surface area contributed by atoms with E-state index in [0.717, 1.165) is 37.1 Å². The van der Waals surface area contributed by atoms with E-state index >= 15 is 0 Å². The van der Waals surface area contributed by atoms with Crippen molar-refractivity contribution in [2.45, 2.75) is 32.4 Å². The lowest BCUT2D eigenvalue weighted by atomic mass is 9.71. The number of nitrogens with one attached hydrogen (secondary N) is 1. The summed E-state index contributed by atoms with van der Waals surface area (Å²) in [6, 6.07) is 1.83. The van der Waals surface area contributed by atoms with Crippen LogP contribution in [0, 0.1) is 18.3 Å². The number of nitrogens with zero attached hydrogens (tertiary/aromatic N) is 2. The van der Waals surface area contributed by atoms with E-state index in [1.165, 1.54) is 0 Å². The molecule has 1 atom stereocenters. The van der Waals surface area contributed by atoms with E-state index in [1.54, 1.807) is 7.11 Å². The van der Waals surface area contributed by atoms with Gasteiger partial charge in [-0.2, -0.15) is 0 Å². The predicted molar refractivity (Wildman–Crippen MR) is 107 cm³/mol. The SMILES string of the molecule is COc1ncc(CN2C[C@H](C(=O)NC3CS(=O)(=O)C3)C3(CCOCC3)C2)cc1C. The lowest BCUT2D eigenvalue weighted by Crippen LogP contribution is -2.56. The van der Waals surface area contributed by atoms with Gasteiger partial charge in [0.05, 0.1) is 30.6 Å². The summed E-state index contributed by atoms with van der Waals surface area (Å²) in [5.41, 5.74) is 1.97. The molecular weight excluding hydrogens is 394 g/mol. The number of aryl methyl sites for hydroxylation is 1. The first-order chi connectivity index (χ1) is 13.8. The number of methoxy groups -OCH3 is 1. The summed E-state index contributed by atoms with van der Waals surface area (Å²) in [6.45, 7) is 5.53. The molecule has 0 unspecified atom stereocenters. The number of carbonyl (C=O) groups excluding carboxylic acids is 1. The number of amides is 1. The van der Waals surface area contributed by atoms with Gasteiger partial charge in [-0.05, 0) is 31.4 Å². The van der Waals surface area contributed by atoms with Crippen molar-refractivity contribution in [2.75, 3.05) is 44.9 Å². The summed E-state index contributed by atoms with van der Waals surface area (Å²) in [5.74, 6) is 0.577. The van der Waals surface area contributed by atoms with Crippen molar-refractivity contribution in [1.82, 2.24) is 15.2 Å². The average molecular weight is 424 g/mol. The molecule has 160 valence electrons. The van der Waals surface area contributed by atoms with Crippen molar-refractivity contribution in [1.29, 1.82) is 0 Å². The van der Waals surface area contributed by atoms with E-state index in [-0.39, 0.29) is 34.8 Å². The van der Waals surface area contributed by atoms with Gasteiger partial charge < -0.3 is 14.8 Å². The Morgan fingerprint density at radius 3 is 2.72 bits per heavy atom. The topological polar surface area (TPSA) is 97.8 Å². The van der Waals surface area contributed by atoms with Gasteiger partial charge in [0, 0.05) is 50.0 Å². The van der Waals surface area contributed by atoms with Crippen LogP contribution in [0.4, 0.5) is 0 Å². The van der Waals surface area contributed by atoms with E-state index in [2.05, 4.69) is 21.3 Å². The Morgan fingerprint density at radius 1 is 1.38 bits per heavy atom. The van der Waals surface area contributed by atoms with Gasteiger partial charge in [-0.15, -0.1) is 0 Å². The summed E-state index contributed by atoms with van der Waals surface area (Å²) in [6.07, 6.45) is 3.53. The molecule has 1 N–H and O–H groups in total. The molecule has 0 saturated carbocycles. The van der Waals surface area contributed by atoms with Crippen molar-refractivity contribution in [2.24, 2.45) is 11.3 Å². The molecule has 1 spiro atoms. The number of hydrogen-bond donors (Lipinski definition) is 1. The van der Waals surface area contributed by atoms with Crippen molar-refractivity contribution < 1.29 is 22.7 Å². The maximum absolute atomic E-state index is 13.1. The molecule has 0 aliphatic carbocycles. The summed E-state index contributed by atoms with van der Waals surface area (Å²) in [5, 5.41) is 2.98. The monoisotopic (exact) mass is 423 g/mol. The van der Waals surface area contributed by atoms with E-state index in [4.69, 9.17) is 9.47 Å². The molecule has 4 rings (SSSR count). The van der Waals surface area contributed by atoms with Crippen LogP contribution in [0.2, 0.25) is 0 Å². The first kappa shape index (κ1) is 20.6. The zero-order chi connectivity index (χ0) is 20.6. The zero-order valence-corrected chi connectivity index (χ0v) is 17.8. The predicted octanol–water partition coefficient (Wildman–Crippen LogP) is 0.540. The van der Waals surface area contributed by atoms with Gasteiger partial charge in [-0.25, -0.2) is 13.4 Å². The highest BCUT2D eigenvalue weighted by molar-refractivity contribution is 7.92. The summed E-state index contributed by atoms with van der Waals surface area (Å²) < 4.78 is 33.7. The van der Waals surface area contributed by atoms with Crippen LogP contribution in [0.1, 0.15) is 24.0 Å². The first-order valence-electron chi connectivity index (χ1n) is 10.1. The maximum atomic E-state index is 13.1. The number of pyridine rings is 1. The molecular formula is C20H29N3O5S. The molecule has 3 saturated heterocycles. The summed E-state index contributed by atoms with van der Waals surface area (Å²) in [7, 11) is -1.34. The van der Waals surface area contributed by atoms with Crippen LogP contribution in [0.25, 0.3) is 0 Å². The Morgan fingerprint density at radius 2 is 2.10 bits per heavy atom. The second-order valence-electron chi connectivity index (χ2n) is 8.65. The number of likely N-dealkylation sites (tertiary alicyclic amines) is 1. The largest absolute Gasteiger partial charge is 0.481 e. The molecule has 8 nitrogen and oxygen atoms in total. The maximum Gasteiger partial charge on any atom is 0.225 e. The van der Waals surface area contributed by atoms with E-state index in [1.807, 2.05) is 13.1 Å². The first-order valence-corrected chi connectivity index (χ1v) is 11.9. The number of hydrogen-bond acceptors (Lipinski definition) is 7. The number of aromatic nitrogens is 1. The number of rotatable bonds is 5. The summed E-state index contributed by atoms with van der Waals surface area (Å²) in [4.78, 5) is 19.7. The lowest BCUT2D eigenvalue weighted by molar-refractivity contribution is -0.130. The molecule has 0 bridgehead atoms. The molecule has 3 aliphatic heterocycles. The van der Waals surface area contributed by atoms with Crippen molar-refractivity contribution in [3.8, 4) is 5.88 Å². The molecule has 9 heteroatoms. The van der Waals surface area contributed by atoms with Gasteiger partial charge in [0.2, 0.25) is 11.8 Å². The van der Waals surface area contributed by atoms with Gasteiger partial charge in [0.1, 0.15) is 0 Å². The third kappa shape index (κ3) is 4.27. The third-order valence-electron chi connectivity index (χ3n) is 6.47. The second-order valence-corrected chi connectivity index (χ2v) is 10.8. The molecule has 3 aliphatic rings. The third-order valence-corrected chi connectivity index (χ3v) is 8.29. The fourth-order valence-corrected chi connectivity index (χ4v) is 6.26. The van der Waals surface area contributed by atoms with Crippen molar-refractivity contribution in [3.63, 3.8) is 0 Å².